The highest BCUT2D eigenvalue weighted by Crippen LogP contribution is 2.18. The summed E-state index contributed by atoms with van der Waals surface area (Å²) in [7, 11) is 2.03. The van der Waals surface area contributed by atoms with Gasteiger partial charge in [-0.25, -0.2) is 14.2 Å². The number of hydrogen-bond acceptors (Lipinski definition) is 5. The number of rotatable bonds is 4. The molecule has 0 bridgehead atoms. The van der Waals surface area contributed by atoms with Crippen molar-refractivity contribution in [1.82, 2.24) is 14.8 Å². The van der Waals surface area contributed by atoms with E-state index in [0.29, 0.717) is 35.2 Å². The zero-order chi connectivity index (χ0) is 19.4. The monoisotopic (exact) mass is 391 g/mol. The van der Waals surface area contributed by atoms with E-state index in [1.807, 2.05) is 7.05 Å². The number of nitrogens with zero attached hydrogens (tertiary/aromatic N) is 3. The molecule has 1 aliphatic rings. The number of hydrogen-bond donors (Lipinski definition) is 2. The molecule has 2 heterocycles. The normalized spacial score (nSPS) is 14.9. The second-order valence-corrected chi connectivity index (χ2v) is 7.41. The molecule has 1 aromatic carbocycles. The first-order valence-corrected chi connectivity index (χ1v) is 9.53. The number of thiazole rings is 1. The van der Waals surface area contributed by atoms with Gasteiger partial charge in [0.25, 0.3) is 0 Å². The van der Waals surface area contributed by atoms with Gasteiger partial charge in [0, 0.05) is 37.2 Å². The van der Waals surface area contributed by atoms with Crippen LogP contribution in [0.1, 0.15) is 11.3 Å². The third-order valence-electron chi connectivity index (χ3n) is 4.35. The van der Waals surface area contributed by atoms with E-state index in [1.165, 1.54) is 17.4 Å². The standard InChI is InChI=1S/C18H22FN5O2S/c1-12-3-4-13(9-15(12)19)20-16(25)10-14-11-27-17(21-14)22-18(26)24-7-5-23(2)6-8-24/h3-4,9,11H,5-8,10H2,1-2H3,(H,20,25)(H,21,22,26). The molecule has 0 atom stereocenters. The highest BCUT2D eigenvalue weighted by Gasteiger charge is 2.20. The van der Waals surface area contributed by atoms with Crippen LogP contribution < -0.4 is 10.6 Å². The summed E-state index contributed by atoms with van der Waals surface area (Å²) in [6.07, 6.45) is 0.0520. The number of nitrogens with one attached hydrogen (secondary N) is 2. The Bertz CT molecular complexity index is 833. The zero-order valence-electron chi connectivity index (χ0n) is 15.3. The first-order valence-electron chi connectivity index (χ1n) is 8.65. The van der Waals surface area contributed by atoms with Crippen LogP contribution >= 0.6 is 11.3 Å². The van der Waals surface area contributed by atoms with Gasteiger partial charge in [0.05, 0.1) is 12.1 Å². The van der Waals surface area contributed by atoms with Crippen LogP contribution in [0.4, 0.5) is 20.0 Å². The van der Waals surface area contributed by atoms with Crippen molar-refractivity contribution < 1.29 is 14.0 Å². The Morgan fingerprint density at radius 2 is 1.96 bits per heavy atom. The summed E-state index contributed by atoms with van der Waals surface area (Å²) in [4.78, 5) is 32.6. The molecule has 0 saturated carbocycles. The minimum Gasteiger partial charge on any atom is -0.326 e. The Labute approximate surface area is 161 Å². The first kappa shape index (κ1) is 19.2. The molecule has 1 aromatic heterocycles. The van der Waals surface area contributed by atoms with E-state index < -0.39 is 0 Å². The molecule has 9 heteroatoms. The van der Waals surface area contributed by atoms with Crippen molar-refractivity contribution in [3.8, 4) is 0 Å². The van der Waals surface area contributed by atoms with E-state index >= 15 is 0 Å². The second-order valence-electron chi connectivity index (χ2n) is 6.55. The lowest BCUT2D eigenvalue weighted by Crippen LogP contribution is -2.48. The number of amides is 3. The van der Waals surface area contributed by atoms with Gasteiger partial charge in [0.1, 0.15) is 5.82 Å². The SMILES string of the molecule is Cc1ccc(NC(=O)Cc2csc(NC(=O)N3CCN(C)CC3)n2)cc1F. The second kappa shape index (κ2) is 8.45. The van der Waals surface area contributed by atoms with E-state index in [1.54, 1.807) is 29.3 Å². The van der Waals surface area contributed by atoms with Crippen molar-refractivity contribution >= 4 is 34.1 Å². The van der Waals surface area contributed by atoms with Gasteiger partial charge in [0.2, 0.25) is 5.91 Å². The van der Waals surface area contributed by atoms with Crippen molar-refractivity contribution in [2.75, 3.05) is 43.9 Å². The van der Waals surface area contributed by atoms with Gasteiger partial charge in [-0.3, -0.25) is 10.1 Å². The van der Waals surface area contributed by atoms with Gasteiger partial charge in [-0.15, -0.1) is 11.3 Å². The molecule has 0 radical (unpaired) electrons. The van der Waals surface area contributed by atoms with Crippen molar-refractivity contribution in [3.63, 3.8) is 0 Å². The maximum Gasteiger partial charge on any atom is 0.323 e. The minimum atomic E-state index is -0.365. The number of anilines is 2. The van der Waals surface area contributed by atoms with Crippen LogP contribution in [0.5, 0.6) is 0 Å². The van der Waals surface area contributed by atoms with Crippen LogP contribution in [-0.2, 0) is 11.2 Å². The van der Waals surface area contributed by atoms with Gasteiger partial charge in [0.15, 0.2) is 5.13 Å². The van der Waals surface area contributed by atoms with E-state index in [0.717, 1.165) is 13.1 Å². The van der Waals surface area contributed by atoms with Crippen LogP contribution in [0.25, 0.3) is 0 Å². The highest BCUT2D eigenvalue weighted by molar-refractivity contribution is 7.13. The summed E-state index contributed by atoms with van der Waals surface area (Å²) < 4.78 is 13.5. The molecule has 0 unspecified atom stereocenters. The average Bonchev–Trinajstić information content (AvgIpc) is 3.05. The maximum absolute atomic E-state index is 13.5. The number of urea groups is 1. The quantitative estimate of drug-likeness (QED) is 0.840. The lowest BCUT2D eigenvalue weighted by atomic mass is 10.2. The van der Waals surface area contributed by atoms with Crippen molar-refractivity contribution in [3.05, 3.63) is 40.7 Å². The Morgan fingerprint density at radius 1 is 1.22 bits per heavy atom. The van der Waals surface area contributed by atoms with Crippen LogP contribution in [0, 0.1) is 12.7 Å². The molecule has 2 aromatic rings. The smallest absolute Gasteiger partial charge is 0.323 e. The van der Waals surface area contributed by atoms with Crippen LogP contribution in [0.15, 0.2) is 23.6 Å². The summed E-state index contributed by atoms with van der Waals surface area (Å²) in [6, 6.07) is 4.37. The molecule has 144 valence electrons. The van der Waals surface area contributed by atoms with Crippen LogP contribution in [0.2, 0.25) is 0 Å². The largest absolute Gasteiger partial charge is 0.326 e. The summed E-state index contributed by atoms with van der Waals surface area (Å²) >= 11 is 1.27. The van der Waals surface area contributed by atoms with Crippen molar-refractivity contribution in [2.24, 2.45) is 0 Å². The first-order chi connectivity index (χ1) is 12.9. The van der Waals surface area contributed by atoms with Crippen molar-refractivity contribution in [2.45, 2.75) is 13.3 Å². The Hall–Kier alpha value is -2.52. The fraction of sp³-hybridized carbons (Fsp3) is 0.389. The fourth-order valence-corrected chi connectivity index (χ4v) is 3.37. The zero-order valence-corrected chi connectivity index (χ0v) is 16.1. The van der Waals surface area contributed by atoms with E-state index in [2.05, 4.69) is 20.5 Å². The molecular formula is C18H22FN5O2S. The number of carbonyl (C=O) groups is 2. The minimum absolute atomic E-state index is 0.0520. The number of aromatic nitrogens is 1. The topological polar surface area (TPSA) is 77.6 Å². The van der Waals surface area contributed by atoms with E-state index in [9.17, 15) is 14.0 Å². The molecular weight excluding hydrogens is 369 g/mol. The lowest BCUT2D eigenvalue weighted by Gasteiger charge is -2.32. The number of likely N-dealkylation sites (N-methyl/N-ethyl adjacent to an activating group) is 1. The van der Waals surface area contributed by atoms with Crippen molar-refractivity contribution in [1.29, 1.82) is 0 Å². The molecule has 27 heavy (non-hydrogen) atoms. The van der Waals surface area contributed by atoms with Crippen LogP contribution in [0.3, 0.4) is 0 Å². The summed E-state index contributed by atoms with van der Waals surface area (Å²) in [5.74, 6) is -0.657. The lowest BCUT2D eigenvalue weighted by molar-refractivity contribution is -0.115. The molecule has 3 rings (SSSR count). The predicted molar refractivity (Wildman–Crippen MR) is 104 cm³/mol. The summed E-state index contributed by atoms with van der Waals surface area (Å²) in [5.41, 5.74) is 1.48. The molecule has 3 amide bonds. The van der Waals surface area contributed by atoms with Gasteiger partial charge >= 0.3 is 6.03 Å². The Kier molecular flexibility index (Phi) is 6.02. The molecule has 0 spiro atoms. The molecule has 1 saturated heterocycles. The van der Waals surface area contributed by atoms with Gasteiger partial charge in [-0.05, 0) is 31.7 Å². The Morgan fingerprint density at radius 3 is 2.67 bits per heavy atom. The van der Waals surface area contributed by atoms with Gasteiger partial charge < -0.3 is 15.1 Å². The van der Waals surface area contributed by atoms with Crippen LogP contribution in [-0.4, -0.2) is 59.9 Å². The molecule has 0 aliphatic carbocycles. The number of aryl methyl sites for hydroxylation is 1. The number of piperazine rings is 1. The third-order valence-corrected chi connectivity index (χ3v) is 5.16. The Balaban J connectivity index is 1.52. The highest BCUT2D eigenvalue weighted by atomic mass is 32.1. The molecule has 1 fully saturated rings. The fourth-order valence-electron chi connectivity index (χ4n) is 2.67. The molecule has 1 aliphatic heterocycles. The molecule has 2 N–H and O–H groups in total. The van der Waals surface area contributed by atoms with E-state index in [-0.39, 0.29) is 24.2 Å². The number of benzene rings is 1. The maximum atomic E-state index is 13.5. The predicted octanol–water partition coefficient (Wildman–Crippen LogP) is 2.55. The summed E-state index contributed by atoms with van der Waals surface area (Å²) in [5, 5.41) is 7.62. The summed E-state index contributed by atoms with van der Waals surface area (Å²) in [6.45, 7) is 4.70. The van der Waals surface area contributed by atoms with E-state index in [4.69, 9.17) is 0 Å². The number of halogens is 1. The number of carbonyl (C=O) groups excluding carboxylic acids is 2. The molecule has 7 nitrogen and oxygen atoms in total. The van der Waals surface area contributed by atoms with Gasteiger partial charge in [-0.1, -0.05) is 6.07 Å². The average molecular weight is 391 g/mol. The van der Waals surface area contributed by atoms with Gasteiger partial charge in [-0.2, -0.15) is 0 Å². The third kappa shape index (κ3) is 5.24.